The molecule has 1 amide bonds. The van der Waals surface area contributed by atoms with Crippen LogP contribution < -0.4 is 15.4 Å². The molecule has 8 heteroatoms. The van der Waals surface area contributed by atoms with Crippen LogP contribution >= 0.6 is 0 Å². The molecule has 3 aromatic rings. The van der Waals surface area contributed by atoms with Crippen molar-refractivity contribution < 1.29 is 9.53 Å². The van der Waals surface area contributed by atoms with Gasteiger partial charge in [0.15, 0.2) is 0 Å². The second-order valence-corrected chi connectivity index (χ2v) is 5.98. The summed E-state index contributed by atoms with van der Waals surface area (Å²) in [4.78, 5) is 15.7. The number of hydrogen-bond donors (Lipinski definition) is 2. The lowest BCUT2D eigenvalue weighted by Gasteiger charge is -2.10. The fourth-order valence-electron chi connectivity index (χ4n) is 2.83. The summed E-state index contributed by atoms with van der Waals surface area (Å²) in [5, 5.41) is 19.5. The first-order valence-corrected chi connectivity index (χ1v) is 9.11. The van der Waals surface area contributed by atoms with E-state index in [1.807, 2.05) is 25.1 Å². The van der Waals surface area contributed by atoms with E-state index >= 15 is 0 Å². The molecule has 0 aromatic carbocycles. The Morgan fingerprint density at radius 3 is 2.86 bits per heavy atom. The minimum atomic E-state index is -0.301. The number of nitrogens with zero attached hydrogens (tertiary/aromatic N) is 4. The third-order valence-corrected chi connectivity index (χ3v) is 4.05. The molecule has 0 radical (unpaired) electrons. The molecule has 0 aliphatic rings. The molecule has 0 aliphatic heterocycles. The molecule has 2 N–H and O–H groups in total. The number of nitriles is 1. The number of pyridine rings is 2. The standard InChI is InChI=1S/C21H20N6O2/c1-3-5-20(28)24-9-8-23-19-7-6-15(12-25-19)18-10-17(29-4-2)14-27-21(18)16(11-22)13-26-27/h6-7,10,12-14H,4,8-9H2,1-2H3,(H,23,25)(H,24,28). The number of amides is 1. The molecule has 0 saturated carbocycles. The Morgan fingerprint density at radius 2 is 2.17 bits per heavy atom. The van der Waals surface area contributed by atoms with Gasteiger partial charge >= 0.3 is 0 Å². The molecule has 0 saturated heterocycles. The van der Waals surface area contributed by atoms with Crippen LogP contribution in [0.2, 0.25) is 0 Å². The van der Waals surface area contributed by atoms with Crippen LogP contribution in [0.3, 0.4) is 0 Å². The maximum absolute atomic E-state index is 11.3. The van der Waals surface area contributed by atoms with Crippen molar-refractivity contribution in [2.45, 2.75) is 13.8 Å². The Bertz CT molecular complexity index is 1120. The molecule has 29 heavy (non-hydrogen) atoms. The van der Waals surface area contributed by atoms with Gasteiger partial charge < -0.3 is 15.4 Å². The molecule has 3 heterocycles. The molecule has 0 fully saturated rings. The van der Waals surface area contributed by atoms with E-state index in [1.54, 1.807) is 23.8 Å². The summed E-state index contributed by atoms with van der Waals surface area (Å²) in [5.74, 6) is 6.01. The third-order valence-electron chi connectivity index (χ3n) is 4.05. The van der Waals surface area contributed by atoms with Crippen LogP contribution in [0.25, 0.3) is 16.6 Å². The fourth-order valence-corrected chi connectivity index (χ4v) is 2.83. The Labute approximate surface area is 168 Å². The maximum Gasteiger partial charge on any atom is 0.295 e. The first kappa shape index (κ1) is 19.7. The van der Waals surface area contributed by atoms with Gasteiger partial charge in [-0.25, -0.2) is 9.50 Å². The summed E-state index contributed by atoms with van der Waals surface area (Å²) < 4.78 is 7.27. The Kier molecular flexibility index (Phi) is 6.29. The van der Waals surface area contributed by atoms with E-state index < -0.39 is 0 Å². The van der Waals surface area contributed by atoms with Gasteiger partial charge in [-0.3, -0.25) is 4.79 Å². The molecule has 0 bridgehead atoms. The predicted octanol–water partition coefficient (Wildman–Crippen LogP) is 2.22. The van der Waals surface area contributed by atoms with Crippen LogP contribution in [0.1, 0.15) is 19.4 Å². The van der Waals surface area contributed by atoms with E-state index in [0.29, 0.717) is 42.3 Å². The van der Waals surface area contributed by atoms with E-state index in [0.717, 1.165) is 11.1 Å². The molecular weight excluding hydrogens is 368 g/mol. The van der Waals surface area contributed by atoms with E-state index in [9.17, 15) is 10.1 Å². The van der Waals surface area contributed by atoms with E-state index in [1.165, 1.54) is 6.20 Å². The van der Waals surface area contributed by atoms with Crippen molar-refractivity contribution in [2.24, 2.45) is 0 Å². The number of aromatic nitrogens is 3. The molecule has 0 aliphatic carbocycles. The number of nitrogens with one attached hydrogen (secondary N) is 2. The largest absolute Gasteiger partial charge is 0.492 e. The number of hydrogen-bond acceptors (Lipinski definition) is 6. The number of carbonyl (C=O) groups is 1. The molecule has 0 atom stereocenters. The van der Waals surface area contributed by atoms with Gasteiger partial charge in [0.1, 0.15) is 17.6 Å². The van der Waals surface area contributed by atoms with Crippen LogP contribution in [0.15, 0.2) is 36.8 Å². The van der Waals surface area contributed by atoms with Crippen LogP contribution in [0, 0.1) is 23.2 Å². The zero-order valence-electron chi connectivity index (χ0n) is 16.2. The van der Waals surface area contributed by atoms with Gasteiger partial charge in [-0.2, -0.15) is 10.4 Å². The minimum absolute atomic E-state index is 0.301. The van der Waals surface area contributed by atoms with Gasteiger partial charge in [-0.05, 0) is 38.0 Å². The summed E-state index contributed by atoms with van der Waals surface area (Å²) in [6.07, 6.45) is 5.02. The number of ether oxygens (including phenoxy) is 1. The lowest BCUT2D eigenvalue weighted by molar-refractivity contribution is -0.115. The average molecular weight is 388 g/mol. The highest BCUT2D eigenvalue weighted by Gasteiger charge is 2.13. The fraction of sp³-hybridized carbons (Fsp3) is 0.238. The molecule has 3 rings (SSSR count). The van der Waals surface area contributed by atoms with Crippen LogP contribution in [-0.4, -0.2) is 40.2 Å². The second kappa shape index (κ2) is 9.25. The minimum Gasteiger partial charge on any atom is -0.492 e. The van der Waals surface area contributed by atoms with E-state index in [-0.39, 0.29) is 5.91 Å². The van der Waals surface area contributed by atoms with Gasteiger partial charge in [-0.15, -0.1) is 0 Å². The lowest BCUT2D eigenvalue weighted by atomic mass is 10.1. The highest BCUT2D eigenvalue weighted by molar-refractivity contribution is 5.93. The number of carbonyl (C=O) groups excluding carboxylic acids is 1. The van der Waals surface area contributed by atoms with Crippen molar-refractivity contribution in [3.05, 3.63) is 42.4 Å². The van der Waals surface area contributed by atoms with Crippen molar-refractivity contribution in [1.82, 2.24) is 19.9 Å². The summed E-state index contributed by atoms with van der Waals surface area (Å²) in [6, 6.07) is 7.81. The molecular formula is C21H20N6O2. The van der Waals surface area contributed by atoms with Crippen LogP contribution in [0.4, 0.5) is 5.82 Å². The second-order valence-electron chi connectivity index (χ2n) is 5.98. The van der Waals surface area contributed by atoms with Crippen molar-refractivity contribution >= 4 is 17.2 Å². The number of rotatable bonds is 7. The van der Waals surface area contributed by atoms with Gasteiger partial charge in [0.25, 0.3) is 5.91 Å². The van der Waals surface area contributed by atoms with Crippen molar-refractivity contribution in [3.63, 3.8) is 0 Å². The van der Waals surface area contributed by atoms with Crippen LogP contribution in [0.5, 0.6) is 5.75 Å². The van der Waals surface area contributed by atoms with Crippen molar-refractivity contribution in [3.8, 4) is 34.8 Å². The smallest absolute Gasteiger partial charge is 0.295 e. The summed E-state index contributed by atoms with van der Waals surface area (Å²) in [5.41, 5.74) is 2.84. The van der Waals surface area contributed by atoms with Gasteiger partial charge in [0, 0.05) is 30.4 Å². The highest BCUT2D eigenvalue weighted by atomic mass is 16.5. The highest BCUT2D eigenvalue weighted by Crippen LogP contribution is 2.30. The SMILES string of the molecule is CC#CC(=O)NCCNc1ccc(-c2cc(OCC)cn3ncc(C#N)c23)cn1. The van der Waals surface area contributed by atoms with E-state index in [2.05, 4.69) is 38.6 Å². The zero-order chi connectivity index (χ0) is 20.6. The molecule has 146 valence electrons. The Balaban J connectivity index is 1.79. The molecule has 0 unspecified atom stereocenters. The summed E-state index contributed by atoms with van der Waals surface area (Å²) in [6.45, 7) is 5.01. The molecule has 3 aromatic heterocycles. The number of fused-ring (bicyclic) bond motifs is 1. The monoisotopic (exact) mass is 388 g/mol. The Morgan fingerprint density at radius 1 is 1.31 bits per heavy atom. The van der Waals surface area contributed by atoms with Crippen molar-refractivity contribution in [1.29, 1.82) is 5.26 Å². The van der Waals surface area contributed by atoms with Crippen LogP contribution in [-0.2, 0) is 4.79 Å². The van der Waals surface area contributed by atoms with Gasteiger partial charge in [0.05, 0.1) is 30.1 Å². The number of anilines is 1. The maximum atomic E-state index is 11.3. The lowest BCUT2D eigenvalue weighted by Crippen LogP contribution is -2.27. The molecule has 0 spiro atoms. The van der Waals surface area contributed by atoms with Gasteiger partial charge in [0.2, 0.25) is 0 Å². The topological polar surface area (TPSA) is 104 Å². The first-order chi connectivity index (χ1) is 14.2. The van der Waals surface area contributed by atoms with Crippen molar-refractivity contribution in [2.75, 3.05) is 25.0 Å². The first-order valence-electron chi connectivity index (χ1n) is 9.11. The zero-order valence-corrected chi connectivity index (χ0v) is 16.2. The average Bonchev–Trinajstić information content (AvgIpc) is 3.15. The third kappa shape index (κ3) is 4.63. The summed E-state index contributed by atoms with van der Waals surface area (Å²) in [7, 11) is 0. The Hall–Kier alpha value is -4.04. The predicted molar refractivity (Wildman–Crippen MR) is 109 cm³/mol. The molecule has 8 nitrogen and oxygen atoms in total. The van der Waals surface area contributed by atoms with E-state index in [4.69, 9.17) is 4.74 Å². The summed E-state index contributed by atoms with van der Waals surface area (Å²) >= 11 is 0. The normalized spacial score (nSPS) is 9.97. The van der Waals surface area contributed by atoms with Gasteiger partial charge in [-0.1, -0.05) is 5.92 Å². The quantitative estimate of drug-likeness (QED) is 0.475.